The van der Waals surface area contributed by atoms with Crippen LogP contribution in [0.1, 0.15) is 11.6 Å². The van der Waals surface area contributed by atoms with Crippen molar-refractivity contribution in [1.82, 2.24) is 4.98 Å². The van der Waals surface area contributed by atoms with Crippen molar-refractivity contribution in [3.8, 4) is 0 Å². The average Bonchev–Trinajstić information content (AvgIpc) is 2.10. The fourth-order valence-corrected chi connectivity index (χ4v) is 1.23. The van der Waals surface area contributed by atoms with Gasteiger partial charge in [-0.1, -0.05) is 0 Å². The summed E-state index contributed by atoms with van der Waals surface area (Å²) in [4.78, 5) is 3.77. The second kappa shape index (κ2) is 2.63. The highest BCUT2D eigenvalue weighted by Gasteiger charge is 2.07. The molecule has 0 radical (unpaired) electrons. The van der Waals surface area contributed by atoms with Crippen molar-refractivity contribution in [2.45, 2.75) is 12.7 Å². The first-order valence-corrected chi connectivity index (χ1v) is 4.60. The Morgan fingerprint density at radius 3 is 2.73 bits per heavy atom. The molecule has 0 fully saturated rings. The number of sulfonamides is 1. The molecule has 11 heavy (non-hydrogen) atoms. The summed E-state index contributed by atoms with van der Waals surface area (Å²) < 4.78 is 25.8. The van der Waals surface area contributed by atoms with E-state index in [1.807, 2.05) is 0 Å². The van der Waals surface area contributed by atoms with Gasteiger partial charge < -0.3 is 4.42 Å². The van der Waals surface area contributed by atoms with E-state index < -0.39 is 10.0 Å². The smallest absolute Gasteiger partial charge is 0.214 e. The molecule has 1 aromatic heterocycles. The second-order valence-electron chi connectivity index (χ2n) is 2.17. The van der Waals surface area contributed by atoms with E-state index in [9.17, 15) is 8.42 Å². The molecule has 5 nitrogen and oxygen atoms in total. The molecule has 0 aliphatic carbocycles. The Morgan fingerprint density at radius 1 is 1.73 bits per heavy atom. The molecule has 2 N–H and O–H groups in total. The lowest BCUT2D eigenvalue weighted by atomic mass is 10.6. The highest BCUT2D eigenvalue weighted by molar-refractivity contribution is 7.88. The van der Waals surface area contributed by atoms with Crippen molar-refractivity contribution in [1.29, 1.82) is 0 Å². The van der Waals surface area contributed by atoms with Crippen LogP contribution in [0.5, 0.6) is 0 Å². The molecule has 0 spiro atoms. The molecular formula is C5H8N2O3S. The summed E-state index contributed by atoms with van der Waals surface area (Å²) in [5.74, 6) is 0.160. The molecule has 0 amide bonds. The number of hydrogen-bond acceptors (Lipinski definition) is 4. The lowest BCUT2D eigenvalue weighted by molar-refractivity contribution is 0.520. The monoisotopic (exact) mass is 176 g/mol. The molecule has 62 valence electrons. The quantitative estimate of drug-likeness (QED) is 0.674. The molecule has 0 atom stereocenters. The van der Waals surface area contributed by atoms with Gasteiger partial charge in [-0.15, -0.1) is 0 Å². The van der Waals surface area contributed by atoms with E-state index >= 15 is 0 Å². The minimum absolute atomic E-state index is 0.273. The summed E-state index contributed by atoms with van der Waals surface area (Å²) in [7, 11) is -3.49. The maximum absolute atomic E-state index is 10.5. The van der Waals surface area contributed by atoms with Crippen molar-refractivity contribution < 1.29 is 12.8 Å². The fraction of sp³-hybridized carbons (Fsp3) is 0.400. The Bertz CT molecular complexity index is 340. The number of oxazole rings is 1. The van der Waals surface area contributed by atoms with E-state index in [1.165, 1.54) is 6.26 Å². The van der Waals surface area contributed by atoms with Crippen molar-refractivity contribution in [3.05, 3.63) is 17.8 Å². The van der Waals surface area contributed by atoms with Crippen LogP contribution in [0.15, 0.2) is 10.7 Å². The topological polar surface area (TPSA) is 86.2 Å². The maximum Gasteiger partial charge on any atom is 0.214 e. The first-order valence-electron chi connectivity index (χ1n) is 2.89. The number of hydrogen-bond donors (Lipinski definition) is 1. The van der Waals surface area contributed by atoms with Crippen LogP contribution in [0.4, 0.5) is 0 Å². The maximum atomic E-state index is 10.5. The predicted octanol–water partition coefficient (Wildman–Crippen LogP) is -0.228. The van der Waals surface area contributed by atoms with E-state index in [4.69, 9.17) is 9.56 Å². The summed E-state index contributed by atoms with van der Waals surface area (Å²) in [5, 5.41) is 4.77. The third-order valence-electron chi connectivity index (χ3n) is 1.02. The summed E-state index contributed by atoms with van der Waals surface area (Å²) in [5.41, 5.74) is 0.338. The van der Waals surface area contributed by atoms with Crippen LogP contribution >= 0.6 is 0 Å². The molecule has 0 aromatic carbocycles. The standard InChI is InChI=1S/C5H8N2O3S/c1-4-7-5(2-10-4)3-11(6,8)9/h2H,3H2,1H3,(H2,6,8,9). The Kier molecular flexibility index (Phi) is 1.97. The van der Waals surface area contributed by atoms with Crippen LogP contribution in [-0.4, -0.2) is 13.4 Å². The minimum Gasteiger partial charge on any atom is -0.449 e. The summed E-state index contributed by atoms with van der Waals surface area (Å²) in [6, 6.07) is 0. The first kappa shape index (κ1) is 8.22. The highest BCUT2D eigenvalue weighted by atomic mass is 32.2. The molecular weight excluding hydrogens is 168 g/mol. The Morgan fingerprint density at radius 2 is 2.36 bits per heavy atom. The van der Waals surface area contributed by atoms with E-state index in [2.05, 4.69) is 4.98 Å². The van der Waals surface area contributed by atoms with Crippen LogP contribution in [0, 0.1) is 6.92 Å². The first-order chi connectivity index (χ1) is 4.97. The second-order valence-corrected chi connectivity index (χ2v) is 3.78. The lowest BCUT2D eigenvalue weighted by Gasteiger charge is -1.89. The van der Waals surface area contributed by atoms with Gasteiger partial charge in [0.25, 0.3) is 0 Å². The van der Waals surface area contributed by atoms with Gasteiger partial charge in [-0.25, -0.2) is 18.5 Å². The average molecular weight is 176 g/mol. The van der Waals surface area contributed by atoms with E-state index in [0.717, 1.165) is 0 Å². The predicted molar refractivity (Wildman–Crippen MR) is 38.1 cm³/mol. The lowest BCUT2D eigenvalue weighted by Crippen LogP contribution is -2.14. The molecule has 0 bridgehead atoms. The number of aryl methyl sites for hydroxylation is 1. The van der Waals surface area contributed by atoms with E-state index in [1.54, 1.807) is 6.92 Å². The van der Waals surface area contributed by atoms with Gasteiger partial charge >= 0.3 is 0 Å². The zero-order valence-corrected chi connectivity index (χ0v) is 6.76. The molecule has 0 aliphatic rings. The summed E-state index contributed by atoms with van der Waals surface area (Å²) in [6.45, 7) is 1.63. The van der Waals surface area contributed by atoms with Gasteiger partial charge in [-0.2, -0.15) is 0 Å². The van der Waals surface area contributed by atoms with Crippen molar-refractivity contribution >= 4 is 10.0 Å². The van der Waals surface area contributed by atoms with Crippen LogP contribution in [-0.2, 0) is 15.8 Å². The van der Waals surface area contributed by atoms with Gasteiger partial charge in [-0.3, -0.25) is 0 Å². The molecule has 0 saturated heterocycles. The zero-order chi connectivity index (χ0) is 8.48. The van der Waals surface area contributed by atoms with E-state index in [-0.39, 0.29) is 5.75 Å². The van der Waals surface area contributed by atoms with Crippen molar-refractivity contribution in [2.24, 2.45) is 5.14 Å². The fourth-order valence-electron chi connectivity index (χ4n) is 0.681. The normalized spacial score (nSPS) is 11.8. The Hall–Kier alpha value is -0.880. The van der Waals surface area contributed by atoms with Gasteiger partial charge in [-0.05, 0) is 0 Å². The molecule has 0 unspecified atom stereocenters. The Labute approximate surface area is 64.3 Å². The number of rotatable bonds is 2. The molecule has 1 rings (SSSR count). The van der Waals surface area contributed by atoms with Gasteiger partial charge in [0, 0.05) is 6.92 Å². The Balaban J connectivity index is 2.81. The molecule has 1 heterocycles. The van der Waals surface area contributed by atoms with Gasteiger partial charge in [0.1, 0.15) is 12.0 Å². The molecule has 0 saturated carbocycles. The largest absolute Gasteiger partial charge is 0.449 e. The number of nitrogens with zero attached hydrogens (tertiary/aromatic N) is 1. The summed E-state index contributed by atoms with van der Waals surface area (Å²) in [6.07, 6.45) is 1.28. The van der Waals surface area contributed by atoms with Gasteiger partial charge in [0.2, 0.25) is 10.0 Å². The molecule has 1 aromatic rings. The number of primary sulfonamides is 1. The number of aromatic nitrogens is 1. The SMILES string of the molecule is Cc1nc(CS(N)(=O)=O)co1. The number of nitrogens with two attached hydrogens (primary N) is 1. The van der Waals surface area contributed by atoms with Gasteiger partial charge in [0.15, 0.2) is 5.89 Å². The van der Waals surface area contributed by atoms with E-state index in [0.29, 0.717) is 11.6 Å². The molecule has 6 heteroatoms. The minimum atomic E-state index is -3.49. The van der Waals surface area contributed by atoms with Crippen molar-refractivity contribution in [3.63, 3.8) is 0 Å². The summed E-state index contributed by atoms with van der Waals surface area (Å²) >= 11 is 0. The van der Waals surface area contributed by atoms with Crippen LogP contribution < -0.4 is 5.14 Å². The van der Waals surface area contributed by atoms with Crippen LogP contribution in [0.3, 0.4) is 0 Å². The van der Waals surface area contributed by atoms with Crippen LogP contribution in [0.25, 0.3) is 0 Å². The van der Waals surface area contributed by atoms with Gasteiger partial charge in [0.05, 0.1) is 5.69 Å². The molecule has 0 aliphatic heterocycles. The highest BCUT2D eigenvalue weighted by Crippen LogP contribution is 2.02. The van der Waals surface area contributed by atoms with Crippen LogP contribution in [0.2, 0.25) is 0 Å². The third-order valence-corrected chi connectivity index (χ3v) is 1.71. The zero-order valence-electron chi connectivity index (χ0n) is 5.94. The third kappa shape index (κ3) is 2.69. The van der Waals surface area contributed by atoms with Crippen molar-refractivity contribution in [2.75, 3.05) is 0 Å².